The van der Waals surface area contributed by atoms with Crippen molar-refractivity contribution in [2.75, 3.05) is 5.73 Å². The van der Waals surface area contributed by atoms with Crippen molar-refractivity contribution in [1.29, 1.82) is 0 Å². The van der Waals surface area contributed by atoms with Crippen LogP contribution in [0.5, 0.6) is 0 Å². The van der Waals surface area contributed by atoms with Crippen molar-refractivity contribution in [1.82, 2.24) is 15.3 Å². The van der Waals surface area contributed by atoms with Crippen molar-refractivity contribution in [3.63, 3.8) is 0 Å². The Morgan fingerprint density at radius 2 is 2.14 bits per heavy atom. The zero-order valence-electron chi connectivity index (χ0n) is 11.9. The van der Waals surface area contributed by atoms with E-state index in [-0.39, 0.29) is 23.3 Å². The Bertz CT molecular complexity index is 660. The number of nitrogens with two attached hydrogens (primary N) is 1. The summed E-state index contributed by atoms with van der Waals surface area (Å²) in [5.74, 6) is 0.270. The molecule has 1 amide bonds. The Labute approximate surface area is 128 Å². The second kappa shape index (κ2) is 6.54. The SMILES string of the molecule is CCC(C)NC(=O)c1cnc(-c2ccccc2Cl)nc1N. The lowest BCUT2D eigenvalue weighted by Crippen LogP contribution is -2.32. The van der Waals surface area contributed by atoms with E-state index in [9.17, 15) is 4.79 Å². The Kier molecular flexibility index (Phi) is 4.75. The van der Waals surface area contributed by atoms with Crippen molar-refractivity contribution < 1.29 is 4.79 Å². The molecule has 1 atom stereocenters. The van der Waals surface area contributed by atoms with Crippen LogP contribution in [0.4, 0.5) is 5.82 Å². The van der Waals surface area contributed by atoms with Crippen molar-refractivity contribution >= 4 is 23.3 Å². The summed E-state index contributed by atoms with van der Waals surface area (Å²) in [5.41, 5.74) is 6.82. The molecule has 0 bridgehead atoms. The van der Waals surface area contributed by atoms with E-state index < -0.39 is 0 Å². The van der Waals surface area contributed by atoms with E-state index in [4.69, 9.17) is 17.3 Å². The monoisotopic (exact) mass is 304 g/mol. The van der Waals surface area contributed by atoms with E-state index >= 15 is 0 Å². The van der Waals surface area contributed by atoms with Crippen LogP contribution < -0.4 is 11.1 Å². The van der Waals surface area contributed by atoms with Gasteiger partial charge in [-0.05, 0) is 25.5 Å². The highest BCUT2D eigenvalue weighted by Gasteiger charge is 2.15. The summed E-state index contributed by atoms with van der Waals surface area (Å²) in [4.78, 5) is 20.4. The molecule has 21 heavy (non-hydrogen) atoms. The van der Waals surface area contributed by atoms with Gasteiger partial charge in [0, 0.05) is 17.8 Å². The molecule has 0 fully saturated rings. The van der Waals surface area contributed by atoms with Gasteiger partial charge in [-0.15, -0.1) is 0 Å². The molecule has 1 unspecified atom stereocenters. The number of benzene rings is 1. The number of anilines is 1. The minimum Gasteiger partial charge on any atom is -0.383 e. The quantitative estimate of drug-likeness (QED) is 0.910. The molecule has 6 heteroatoms. The van der Waals surface area contributed by atoms with Crippen molar-refractivity contribution in [3.05, 3.63) is 41.0 Å². The van der Waals surface area contributed by atoms with E-state index in [1.165, 1.54) is 6.20 Å². The number of rotatable bonds is 4. The molecule has 0 aliphatic rings. The van der Waals surface area contributed by atoms with E-state index in [0.29, 0.717) is 16.4 Å². The molecule has 3 N–H and O–H groups in total. The summed E-state index contributed by atoms with van der Waals surface area (Å²) in [6, 6.07) is 7.28. The summed E-state index contributed by atoms with van der Waals surface area (Å²) in [6.45, 7) is 3.92. The Morgan fingerprint density at radius 1 is 1.43 bits per heavy atom. The van der Waals surface area contributed by atoms with Crippen LogP contribution in [0.25, 0.3) is 11.4 Å². The minimum absolute atomic E-state index is 0.0696. The number of hydrogen-bond donors (Lipinski definition) is 2. The van der Waals surface area contributed by atoms with Crippen LogP contribution in [0.2, 0.25) is 5.02 Å². The van der Waals surface area contributed by atoms with Crippen LogP contribution in [-0.2, 0) is 0 Å². The van der Waals surface area contributed by atoms with E-state index in [1.807, 2.05) is 26.0 Å². The van der Waals surface area contributed by atoms with Crippen molar-refractivity contribution in [3.8, 4) is 11.4 Å². The van der Waals surface area contributed by atoms with Gasteiger partial charge in [0.15, 0.2) is 5.82 Å². The molecule has 1 aromatic heterocycles. The van der Waals surface area contributed by atoms with E-state index in [1.54, 1.807) is 12.1 Å². The lowest BCUT2D eigenvalue weighted by molar-refractivity contribution is 0.0939. The molecule has 2 aromatic rings. The second-order valence-corrected chi connectivity index (χ2v) is 5.16. The molecule has 0 saturated carbocycles. The topological polar surface area (TPSA) is 80.9 Å². The summed E-state index contributed by atoms with van der Waals surface area (Å²) < 4.78 is 0. The van der Waals surface area contributed by atoms with Gasteiger partial charge in [0.1, 0.15) is 5.82 Å². The van der Waals surface area contributed by atoms with Gasteiger partial charge >= 0.3 is 0 Å². The molecule has 0 saturated heterocycles. The molecular weight excluding hydrogens is 288 g/mol. The van der Waals surface area contributed by atoms with E-state index in [2.05, 4.69) is 15.3 Å². The average Bonchev–Trinajstić information content (AvgIpc) is 2.47. The minimum atomic E-state index is -0.271. The normalized spacial score (nSPS) is 12.0. The molecule has 0 aliphatic heterocycles. The Hall–Kier alpha value is -2.14. The number of amides is 1. The molecule has 5 nitrogen and oxygen atoms in total. The molecule has 110 valence electrons. The van der Waals surface area contributed by atoms with E-state index in [0.717, 1.165) is 6.42 Å². The van der Waals surface area contributed by atoms with Crippen LogP contribution in [0.1, 0.15) is 30.6 Å². The molecule has 0 aliphatic carbocycles. The smallest absolute Gasteiger partial charge is 0.256 e. The first kappa shape index (κ1) is 15.3. The Balaban J connectivity index is 2.30. The predicted octanol–water partition coefficient (Wildman–Crippen LogP) is 2.91. The predicted molar refractivity (Wildman–Crippen MR) is 84.1 cm³/mol. The summed E-state index contributed by atoms with van der Waals surface area (Å²) in [6.07, 6.45) is 2.27. The van der Waals surface area contributed by atoms with Gasteiger partial charge in [-0.2, -0.15) is 0 Å². The van der Waals surface area contributed by atoms with Gasteiger partial charge in [0.2, 0.25) is 0 Å². The molecule has 0 radical (unpaired) electrons. The van der Waals surface area contributed by atoms with Crippen LogP contribution >= 0.6 is 11.6 Å². The number of carbonyl (C=O) groups excluding carboxylic acids is 1. The number of halogens is 1. The number of nitrogen functional groups attached to an aromatic ring is 1. The average molecular weight is 305 g/mol. The van der Waals surface area contributed by atoms with Crippen LogP contribution in [0.15, 0.2) is 30.5 Å². The fourth-order valence-corrected chi connectivity index (χ4v) is 1.97. The number of hydrogen-bond acceptors (Lipinski definition) is 4. The highest BCUT2D eigenvalue weighted by atomic mass is 35.5. The molecule has 2 rings (SSSR count). The lowest BCUT2D eigenvalue weighted by atomic mass is 10.2. The maximum absolute atomic E-state index is 12.1. The number of carbonyl (C=O) groups is 1. The van der Waals surface area contributed by atoms with Crippen molar-refractivity contribution in [2.45, 2.75) is 26.3 Å². The third-order valence-corrected chi connectivity index (χ3v) is 3.50. The number of aromatic nitrogens is 2. The van der Waals surface area contributed by atoms with Gasteiger partial charge in [-0.3, -0.25) is 4.79 Å². The van der Waals surface area contributed by atoms with Gasteiger partial charge in [-0.25, -0.2) is 9.97 Å². The maximum atomic E-state index is 12.1. The summed E-state index contributed by atoms with van der Waals surface area (Å²) in [7, 11) is 0. The zero-order valence-corrected chi connectivity index (χ0v) is 12.7. The second-order valence-electron chi connectivity index (χ2n) is 4.76. The van der Waals surface area contributed by atoms with Gasteiger partial charge in [0.25, 0.3) is 5.91 Å². The third kappa shape index (κ3) is 3.49. The Morgan fingerprint density at radius 3 is 2.76 bits per heavy atom. The van der Waals surface area contributed by atoms with Crippen LogP contribution in [0, 0.1) is 0 Å². The fourth-order valence-electron chi connectivity index (χ4n) is 1.75. The van der Waals surface area contributed by atoms with Gasteiger partial charge in [0.05, 0.1) is 10.6 Å². The summed E-state index contributed by atoms with van der Waals surface area (Å²) >= 11 is 6.10. The largest absolute Gasteiger partial charge is 0.383 e. The zero-order chi connectivity index (χ0) is 15.4. The lowest BCUT2D eigenvalue weighted by Gasteiger charge is -2.12. The standard InChI is InChI=1S/C15H17ClN4O/c1-3-9(2)19-15(21)11-8-18-14(20-13(11)17)10-6-4-5-7-12(10)16/h4-9H,3H2,1-2H3,(H,19,21)(H2,17,18,20). The maximum Gasteiger partial charge on any atom is 0.256 e. The first-order valence-corrected chi connectivity index (χ1v) is 7.09. The molecular formula is C15H17ClN4O. The first-order valence-electron chi connectivity index (χ1n) is 6.71. The molecule has 0 spiro atoms. The number of nitrogens with one attached hydrogen (secondary N) is 1. The molecule has 1 aromatic carbocycles. The van der Waals surface area contributed by atoms with Crippen LogP contribution in [0.3, 0.4) is 0 Å². The van der Waals surface area contributed by atoms with Crippen molar-refractivity contribution in [2.24, 2.45) is 0 Å². The third-order valence-electron chi connectivity index (χ3n) is 3.17. The fraction of sp³-hybridized carbons (Fsp3) is 0.267. The molecule has 1 heterocycles. The highest BCUT2D eigenvalue weighted by Crippen LogP contribution is 2.25. The van der Waals surface area contributed by atoms with Gasteiger partial charge < -0.3 is 11.1 Å². The number of nitrogens with zero attached hydrogens (tertiary/aromatic N) is 2. The summed E-state index contributed by atoms with van der Waals surface area (Å²) in [5, 5.41) is 3.37. The highest BCUT2D eigenvalue weighted by molar-refractivity contribution is 6.33. The van der Waals surface area contributed by atoms with Gasteiger partial charge in [-0.1, -0.05) is 30.7 Å². The van der Waals surface area contributed by atoms with Crippen LogP contribution in [-0.4, -0.2) is 21.9 Å². The first-order chi connectivity index (χ1) is 10.0.